The van der Waals surface area contributed by atoms with Gasteiger partial charge in [0.05, 0.1) is 11.0 Å². The number of aliphatic hydroxyl groups is 2. The maximum atomic E-state index is 11.6. The number of benzene rings is 2. The van der Waals surface area contributed by atoms with Crippen molar-refractivity contribution in [2.75, 3.05) is 12.3 Å². The SMILES string of the molecule is Nc1cc([N+](=O)[O-])ccc1C(O)C(O)CCNC(=O)OCc1ccccc1. The van der Waals surface area contributed by atoms with Crippen molar-refractivity contribution in [1.29, 1.82) is 0 Å². The van der Waals surface area contributed by atoms with E-state index in [0.717, 1.165) is 11.6 Å². The normalized spacial score (nSPS) is 12.8. The van der Waals surface area contributed by atoms with Gasteiger partial charge in [-0.25, -0.2) is 4.79 Å². The predicted octanol–water partition coefficient (Wildman–Crippen LogP) is 1.89. The zero-order valence-corrected chi connectivity index (χ0v) is 14.4. The van der Waals surface area contributed by atoms with E-state index in [9.17, 15) is 25.1 Å². The number of aliphatic hydroxyl groups excluding tert-OH is 2. The van der Waals surface area contributed by atoms with Crippen LogP contribution < -0.4 is 11.1 Å². The van der Waals surface area contributed by atoms with Gasteiger partial charge in [0.25, 0.3) is 5.69 Å². The van der Waals surface area contributed by atoms with Crippen molar-refractivity contribution < 1.29 is 24.7 Å². The highest BCUT2D eigenvalue weighted by molar-refractivity contribution is 5.67. The third-order valence-electron chi connectivity index (χ3n) is 3.89. The number of anilines is 1. The van der Waals surface area contributed by atoms with Crippen molar-refractivity contribution in [2.45, 2.75) is 25.2 Å². The number of nitrogen functional groups attached to an aromatic ring is 1. The fraction of sp³-hybridized carbons (Fsp3) is 0.278. The number of rotatable bonds is 8. The highest BCUT2D eigenvalue weighted by atomic mass is 16.6. The highest BCUT2D eigenvalue weighted by Gasteiger charge is 2.22. The molecule has 2 rings (SSSR count). The van der Waals surface area contributed by atoms with E-state index in [1.165, 1.54) is 12.1 Å². The molecular formula is C18H21N3O6. The van der Waals surface area contributed by atoms with Gasteiger partial charge in [-0.3, -0.25) is 10.1 Å². The first-order valence-electron chi connectivity index (χ1n) is 8.23. The number of carbonyl (C=O) groups excluding carboxylic acids is 1. The summed E-state index contributed by atoms with van der Waals surface area (Å²) in [6.07, 6.45) is -3.16. The quantitative estimate of drug-likeness (QED) is 0.313. The third kappa shape index (κ3) is 5.94. The topological polar surface area (TPSA) is 148 Å². The van der Waals surface area contributed by atoms with Gasteiger partial charge in [0.2, 0.25) is 0 Å². The van der Waals surface area contributed by atoms with Crippen molar-refractivity contribution in [3.05, 3.63) is 69.8 Å². The van der Waals surface area contributed by atoms with Gasteiger partial charge >= 0.3 is 6.09 Å². The smallest absolute Gasteiger partial charge is 0.407 e. The first kappa shape index (κ1) is 20.1. The summed E-state index contributed by atoms with van der Waals surface area (Å²) in [7, 11) is 0. The number of carbonyl (C=O) groups is 1. The summed E-state index contributed by atoms with van der Waals surface area (Å²) in [6.45, 7) is 0.190. The van der Waals surface area contributed by atoms with E-state index in [1.807, 2.05) is 30.3 Å². The predicted molar refractivity (Wildman–Crippen MR) is 97.7 cm³/mol. The summed E-state index contributed by atoms with van der Waals surface area (Å²) in [4.78, 5) is 21.7. The molecule has 9 heteroatoms. The summed E-state index contributed by atoms with van der Waals surface area (Å²) >= 11 is 0. The van der Waals surface area contributed by atoms with Gasteiger partial charge in [0.15, 0.2) is 0 Å². The fourth-order valence-electron chi connectivity index (χ4n) is 2.41. The van der Waals surface area contributed by atoms with Crippen molar-refractivity contribution in [2.24, 2.45) is 0 Å². The molecule has 0 aliphatic heterocycles. The fourth-order valence-corrected chi connectivity index (χ4v) is 2.41. The van der Waals surface area contributed by atoms with Crippen LogP contribution in [0.4, 0.5) is 16.2 Å². The Balaban J connectivity index is 1.78. The molecule has 2 unspecified atom stereocenters. The maximum absolute atomic E-state index is 11.6. The maximum Gasteiger partial charge on any atom is 0.407 e. The molecule has 0 saturated heterocycles. The second kappa shape index (κ2) is 9.51. The molecule has 0 aliphatic carbocycles. The third-order valence-corrected chi connectivity index (χ3v) is 3.89. The first-order chi connectivity index (χ1) is 12.9. The molecule has 0 fully saturated rings. The summed E-state index contributed by atoms with van der Waals surface area (Å²) in [5.41, 5.74) is 6.53. The second-order valence-corrected chi connectivity index (χ2v) is 5.86. The van der Waals surface area contributed by atoms with Crippen LogP contribution in [0.2, 0.25) is 0 Å². The van der Waals surface area contributed by atoms with Crippen LogP contribution in [0.3, 0.4) is 0 Å². The monoisotopic (exact) mass is 375 g/mol. The lowest BCUT2D eigenvalue weighted by Gasteiger charge is -2.19. The van der Waals surface area contributed by atoms with Crippen LogP contribution in [-0.2, 0) is 11.3 Å². The molecule has 5 N–H and O–H groups in total. The number of alkyl carbamates (subject to hydrolysis) is 1. The van der Waals surface area contributed by atoms with E-state index in [2.05, 4.69) is 5.32 Å². The molecule has 0 spiro atoms. The van der Waals surface area contributed by atoms with Gasteiger partial charge in [-0.15, -0.1) is 0 Å². The zero-order valence-electron chi connectivity index (χ0n) is 14.4. The van der Waals surface area contributed by atoms with Crippen molar-refractivity contribution >= 4 is 17.5 Å². The molecular weight excluding hydrogens is 354 g/mol. The Kier molecular flexibility index (Phi) is 7.09. The average molecular weight is 375 g/mol. The van der Waals surface area contributed by atoms with E-state index in [-0.39, 0.29) is 36.5 Å². The number of amides is 1. The Labute approximate surface area is 155 Å². The molecule has 1 amide bonds. The molecule has 2 aromatic rings. The minimum atomic E-state index is -1.34. The molecule has 0 bridgehead atoms. The number of hydrogen-bond acceptors (Lipinski definition) is 7. The second-order valence-electron chi connectivity index (χ2n) is 5.86. The molecule has 0 aromatic heterocycles. The molecule has 2 aromatic carbocycles. The molecule has 2 atom stereocenters. The molecule has 0 aliphatic rings. The Morgan fingerprint density at radius 2 is 1.93 bits per heavy atom. The lowest BCUT2D eigenvalue weighted by molar-refractivity contribution is -0.384. The van der Waals surface area contributed by atoms with E-state index >= 15 is 0 Å². The number of nitrogens with one attached hydrogen (secondary N) is 1. The molecule has 9 nitrogen and oxygen atoms in total. The first-order valence-corrected chi connectivity index (χ1v) is 8.23. The summed E-state index contributed by atoms with van der Waals surface area (Å²) in [5, 5.41) is 33.4. The number of ether oxygens (including phenoxy) is 1. The van der Waals surface area contributed by atoms with Gasteiger partial charge in [-0.05, 0) is 18.1 Å². The van der Waals surface area contributed by atoms with Crippen LogP contribution in [0.15, 0.2) is 48.5 Å². The minimum Gasteiger partial charge on any atom is -0.445 e. The van der Waals surface area contributed by atoms with Gasteiger partial charge in [0, 0.05) is 29.9 Å². The largest absolute Gasteiger partial charge is 0.445 e. The average Bonchev–Trinajstić information content (AvgIpc) is 2.66. The molecule has 0 radical (unpaired) electrons. The standard InChI is InChI=1S/C18H21N3O6/c19-15-10-13(21(25)26)6-7-14(15)17(23)16(22)8-9-20-18(24)27-11-12-4-2-1-3-5-12/h1-7,10,16-17,22-23H,8-9,11,19H2,(H,20,24). The van der Waals surface area contributed by atoms with Crippen LogP contribution in [0.25, 0.3) is 0 Å². The Bertz CT molecular complexity index is 784. The van der Waals surface area contributed by atoms with Crippen LogP contribution in [0, 0.1) is 10.1 Å². The van der Waals surface area contributed by atoms with E-state index in [0.29, 0.717) is 0 Å². The number of non-ortho nitro benzene ring substituents is 1. The van der Waals surface area contributed by atoms with Gasteiger partial charge in [0.1, 0.15) is 12.7 Å². The number of nitrogens with two attached hydrogens (primary N) is 1. The van der Waals surface area contributed by atoms with Gasteiger partial charge in [-0.1, -0.05) is 30.3 Å². The van der Waals surface area contributed by atoms with Gasteiger partial charge < -0.3 is 26.0 Å². The summed E-state index contributed by atoms with van der Waals surface area (Å²) in [6, 6.07) is 12.8. The minimum absolute atomic E-state index is 0.00554. The van der Waals surface area contributed by atoms with Gasteiger partial charge in [-0.2, -0.15) is 0 Å². The lowest BCUT2D eigenvalue weighted by atomic mass is 10.00. The number of nitro groups is 1. The summed E-state index contributed by atoms with van der Waals surface area (Å²) in [5.74, 6) is 0. The van der Waals surface area contributed by atoms with Crippen LogP contribution in [-0.4, -0.2) is 33.9 Å². The zero-order chi connectivity index (χ0) is 19.8. The molecule has 27 heavy (non-hydrogen) atoms. The van der Waals surface area contributed by atoms with E-state index in [4.69, 9.17) is 10.5 Å². The molecule has 144 valence electrons. The number of nitro benzene ring substituents is 1. The van der Waals surface area contributed by atoms with Crippen molar-refractivity contribution in [3.8, 4) is 0 Å². The van der Waals surface area contributed by atoms with Crippen LogP contribution in [0.5, 0.6) is 0 Å². The Morgan fingerprint density at radius 1 is 1.22 bits per heavy atom. The van der Waals surface area contributed by atoms with E-state index < -0.39 is 23.2 Å². The Hall–Kier alpha value is -3.17. The Morgan fingerprint density at radius 3 is 2.56 bits per heavy atom. The van der Waals surface area contributed by atoms with E-state index in [1.54, 1.807) is 0 Å². The van der Waals surface area contributed by atoms with Crippen molar-refractivity contribution in [1.82, 2.24) is 5.32 Å². The molecule has 0 saturated carbocycles. The lowest BCUT2D eigenvalue weighted by Crippen LogP contribution is -2.30. The van der Waals surface area contributed by atoms with Crippen molar-refractivity contribution in [3.63, 3.8) is 0 Å². The molecule has 0 heterocycles. The summed E-state index contributed by atoms with van der Waals surface area (Å²) < 4.78 is 5.03. The van der Waals surface area contributed by atoms with Crippen LogP contribution >= 0.6 is 0 Å². The highest BCUT2D eigenvalue weighted by Crippen LogP contribution is 2.27. The number of nitrogens with zero attached hydrogens (tertiary/aromatic N) is 1. The number of hydrogen-bond donors (Lipinski definition) is 4. The van der Waals surface area contributed by atoms with Crippen LogP contribution in [0.1, 0.15) is 23.7 Å².